The molecule has 3 heteroatoms. The van der Waals surface area contributed by atoms with Gasteiger partial charge in [0.05, 0.1) is 0 Å². The zero-order chi connectivity index (χ0) is 13.2. The van der Waals surface area contributed by atoms with Gasteiger partial charge >= 0.3 is 0 Å². The Morgan fingerprint density at radius 1 is 1.17 bits per heavy atom. The number of rotatable bonds is 3. The van der Waals surface area contributed by atoms with Gasteiger partial charge in [-0.3, -0.25) is 0 Å². The summed E-state index contributed by atoms with van der Waals surface area (Å²) in [5, 5.41) is 3.68. The first-order valence-corrected chi connectivity index (χ1v) is 7.49. The maximum absolute atomic E-state index is 6.05. The Morgan fingerprint density at radius 2 is 1.78 bits per heavy atom. The SMILES string of the molecule is CC1(C)CCC(CN)(Nc2ccccc2Br)CC1. The van der Waals surface area contributed by atoms with Gasteiger partial charge in [-0.1, -0.05) is 26.0 Å². The van der Waals surface area contributed by atoms with Crippen molar-refractivity contribution in [2.45, 2.75) is 45.1 Å². The van der Waals surface area contributed by atoms with Crippen molar-refractivity contribution in [2.24, 2.45) is 11.1 Å². The molecule has 1 aromatic rings. The minimum atomic E-state index is 0.0688. The molecular formula is C15H23BrN2. The van der Waals surface area contributed by atoms with E-state index in [0.29, 0.717) is 12.0 Å². The third kappa shape index (κ3) is 3.07. The van der Waals surface area contributed by atoms with Crippen LogP contribution in [0.1, 0.15) is 39.5 Å². The first kappa shape index (κ1) is 13.9. The monoisotopic (exact) mass is 310 g/mol. The smallest absolute Gasteiger partial charge is 0.0496 e. The molecule has 0 spiro atoms. The van der Waals surface area contributed by atoms with Gasteiger partial charge in [0.1, 0.15) is 0 Å². The molecule has 0 aliphatic heterocycles. The van der Waals surface area contributed by atoms with Gasteiger partial charge in [-0.15, -0.1) is 0 Å². The van der Waals surface area contributed by atoms with Crippen LogP contribution in [0.15, 0.2) is 28.7 Å². The first-order chi connectivity index (χ1) is 8.46. The van der Waals surface area contributed by atoms with Crippen molar-refractivity contribution in [3.63, 3.8) is 0 Å². The minimum Gasteiger partial charge on any atom is -0.377 e. The molecule has 1 saturated carbocycles. The van der Waals surface area contributed by atoms with Crippen LogP contribution in [0, 0.1) is 5.41 Å². The Balaban J connectivity index is 2.13. The van der Waals surface area contributed by atoms with Crippen molar-refractivity contribution in [2.75, 3.05) is 11.9 Å². The Kier molecular flexibility index (Phi) is 4.02. The summed E-state index contributed by atoms with van der Waals surface area (Å²) in [6.45, 7) is 5.40. The fourth-order valence-corrected chi connectivity index (χ4v) is 3.02. The van der Waals surface area contributed by atoms with Gasteiger partial charge in [0.15, 0.2) is 0 Å². The van der Waals surface area contributed by atoms with Crippen molar-refractivity contribution in [3.8, 4) is 0 Å². The van der Waals surface area contributed by atoms with E-state index in [1.165, 1.54) is 12.8 Å². The molecule has 2 nitrogen and oxygen atoms in total. The minimum absolute atomic E-state index is 0.0688. The van der Waals surface area contributed by atoms with Crippen LogP contribution in [-0.2, 0) is 0 Å². The van der Waals surface area contributed by atoms with Crippen molar-refractivity contribution in [3.05, 3.63) is 28.7 Å². The van der Waals surface area contributed by atoms with Crippen molar-refractivity contribution in [1.82, 2.24) is 0 Å². The van der Waals surface area contributed by atoms with Gasteiger partial charge in [-0.25, -0.2) is 0 Å². The number of anilines is 1. The molecule has 0 saturated heterocycles. The highest BCUT2D eigenvalue weighted by atomic mass is 79.9. The maximum atomic E-state index is 6.05. The number of hydrogen-bond donors (Lipinski definition) is 2. The van der Waals surface area contributed by atoms with E-state index in [9.17, 15) is 0 Å². The standard InChI is InChI=1S/C15H23BrN2/c1-14(2)7-9-15(11-17,10-8-14)18-13-6-4-3-5-12(13)16/h3-6,18H,7-11,17H2,1-2H3. The third-order valence-corrected chi connectivity index (χ3v) is 4.92. The number of hydrogen-bond acceptors (Lipinski definition) is 2. The average Bonchev–Trinajstić information content (AvgIpc) is 2.35. The van der Waals surface area contributed by atoms with Crippen LogP contribution < -0.4 is 11.1 Å². The van der Waals surface area contributed by atoms with Gasteiger partial charge in [0.2, 0.25) is 0 Å². The molecule has 1 aromatic carbocycles. The molecule has 1 aliphatic carbocycles. The van der Waals surface area contributed by atoms with Gasteiger partial charge in [0, 0.05) is 22.2 Å². The fraction of sp³-hybridized carbons (Fsp3) is 0.600. The molecule has 18 heavy (non-hydrogen) atoms. The highest BCUT2D eigenvalue weighted by Crippen LogP contribution is 2.41. The van der Waals surface area contributed by atoms with Crippen molar-refractivity contribution < 1.29 is 0 Å². The van der Waals surface area contributed by atoms with Crippen LogP contribution in [0.2, 0.25) is 0 Å². The first-order valence-electron chi connectivity index (χ1n) is 6.69. The number of halogens is 1. The second-order valence-electron chi connectivity index (χ2n) is 6.25. The summed E-state index contributed by atoms with van der Waals surface area (Å²) in [6, 6.07) is 8.28. The summed E-state index contributed by atoms with van der Waals surface area (Å²) in [7, 11) is 0. The summed E-state index contributed by atoms with van der Waals surface area (Å²) in [6.07, 6.45) is 4.78. The lowest BCUT2D eigenvalue weighted by Gasteiger charge is -2.44. The largest absolute Gasteiger partial charge is 0.377 e. The Morgan fingerprint density at radius 3 is 2.33 bits per heavy atom. The molecule has 1 aliphatic rings. The van der Waals surface area contributed by atoms with Crippen LogP contribution in [0.4, 0.5) is 5.69 Å². The number of para-hydroxylation sites is 1. The zero-order valence-corrected chi connectivity index (χ0v) is 12.9. The lowest BCUT2D eigenvalue weighted by molar-refractivity contribution is 0.182. The third-order valence-electron chi connectivity index (χ3n) is 4.23. The summed E-state index contributed by atoms with van der Waals surface area (Å²) in [5.74, 6) is 0. The van der Waals surface area contributed by atoms with E-state index >= 15 is 0 Å². The summed E-state index contributed by atoms with van der Waals surface area (Å²) in [5.41, 5.74) is 7.74. The van der Waals surface area contributed by atoms with Crippen LogP contribution >= 0.6 is 15.9 Å². The quantitative estimate of drug-likeness (QED) is 0.879. The number of benzene rings is 1. The van der Waals surface area contributed by atoms with E-state index < -0.39 is 0 Å². The molecular weight excluding hydrogens is 288 g/mol. The highest BCUT2D eigenvalue weighted by Gasteiger charge is 2.37. The maximum Gasteiger partial charge on any atom is 0.0496 e. The van der Waals surface area contributed by atoms with Gasteiger partial charge in [-0.2, -0.15) is 0 Å². The molecule has 2 rings (SSSR count). The molecule has 0 bridgehead atoms. The van der Waals surface area contributed by atoms with Crippen LogP contribution in [-0.4, -0.2) is 12.1 Å². The van der Waals surface area contributed by atoms with E-state index in [-0.39, 0.29) is 5.54 Å². The van der Waals surface area contributed by atoms with E-state index in [1.54, 1.807) is 0 Å². The predicted molar refractivity (Wildman–Crippen MR) is 81.8 cm³/mol. The van der Waals surface area contributed by atoms with Crippen LogP contribution in [0.5, 0.6) is 0 Å². The topological polar surface area (TPSA) is 38.0 Å². The van der Waals surface area contributed by atoms with Gasteiger partial charge < -0.3 is 11.1 Å². The molecule has 0 heterocycles. The second kappa shape index (κ2) is 5.22. The fourth-order valence-electron chi connectivity index (χ4n) is 2.63. The Bertz CT molecular complexity index is 405. The molecule has 0 amide bonds. The van der Waals surface area contributed by atoms with Crippen molar-refractivity contribution in [1.29, 1.82) is 0 Å². The predicted octanol–water partition coefficient (Wildman–Crippen LogP) is 4.16. The summed E-state index contributed by atoms with van der Waals surface area (Å²) in [4.78, 5) is 0. The molecule has 1 fully saturated rings. The normalized spacial score (nSPS) is 21.6. The number of nitrogens with two attached hydrogens (primary N) is 1. The summed E-state index contributed by atoms with van der Waals surface area (Å²) < 4.78 is 1.11. The van der Waals surface area contributed by atoms with Crippen molar-refractivity contribution >= 4 is 21.6 Å². The van der Waals surface area contributed by atoms with Gasteiger partial charge in [0.25, 0.3) is 0 Å². The molecule has 0 unspecified atom stereocenters. The molecule has 0 aromatic heterocycles. The van der Waals surface area contributed by atoms with E-state index in [4.69, 9.17) is 5.73 Å². The molecule has 100 valence electrons. The lowest BCUT2D eigenvalue weighted by atomic mass is 9.69. The van der Waals surface area contributed by atoms with E-state index in [1.807, 2.05) is 6.07 Å². The zero-order valence-electron chi connectivity index (χ0n) is 11.3. The van der Waals surface area contributed by atoms with Gasteiger partial charge in [-0.05, 0) is 59.2 Å². The second-order valence-corrected chi connectivity index (χ2v) is 7.11. The van der Waals surface area contributed by atoms with E-state index in [2.05, 4.69) is 53.3 Å². The number of nitrogens with one attached hydrogen (secondary N) is 1. The molecule has 0 radical (unpaired) electrons. The lowest BCUT2D eigenvalue weighted by Crippen LogP contribution is -2.49. The molecule has 3 N–H and O–H groups in total. The van der Waals surface area contributed by atoms with E-state index in [0.717, 1.165) is 23.0 Å². The van der Waals surface area contributed by atoms with Crippen LogP contribution in [0.3, 0.4) is 0 Å². The summed E-state index contributed by atoms with van der Waals surface area (Å²) >= 11 is 3.60. The molecule has 0 atom stereocenters. The Labute approximate surface area is 118 Å². The highest BCUT2D eigenvalue weighted by molar-refractivity contribution is 9.10. The Hall–Kier alpha value is -0.540. The van der Waals surface area contributed by atoms with Crippen LogP contribution in [0.25, 0.3) is 0 Å². The average molecular weight is 311 g/mol.